The van der Waals surface area contributed by atoms with Gasteiger partial charge in [0.2, 0.25) is 0 Å². The van der Waals surface area contributed by atoms with Crippen molar-refractivity contribution in [3.05, 3.63) is 68.9 Å². The lowest BCUT2D eigenvalue weighted by Crippen LogP contribution is -2.26. The fourth-order valence-corrected chi connectivity index (χ4v) is 3.24. The third-order valence-corrected chi connectivity index (χ3v) is 4.92. The number of aliphatic hydroxyl groups is 1. The number of rotatable bonds is 8. The summed E-state index contributed by atoms with van der Waals surface area (Å²) in [5.74, 6) is -7.02. The number of benzene rings is 2. The van der Waals surface area contributed by atoms with E-state index in [1.165, 1.54) is 12.1 Å². The molecule has 0 aliphatic carbocycles. The molecule has 0 bridgehead atoms. The maximum atomic E-state index is 15.0. The fourth-order valence-electron chi connectivity index (χ4n) is 3.03. The number of amides is 1. The van der Waals surface area contributed by atoms with Crippen LogP contribution in [0.2, 0.25) is 5.02 Å². The van der Waals surface area contributed by atoms with Gasteiger partial charge in [0.25, 0.3) is 11.8 Å². The Balaban J connectivity index is 2.12. The van der Waals surface area contributed by atoms with Crippen molar-refractivity contribution in [3.63, 3.8) is 0 Å². The van der Waals surface area contributed by atoms with Crippen molar-refractivity contribution in [3.8, 4) is 11.4 Å². The number of anilines is 1. The highest BCUT2D eigenvalue weighted by Gasteiger charge is 2.27. The molecule has 2 aromatic carbocycles. The average Bonchev–Trinajstić information content (AvgIpc) is 3.09. The summed E-state index contributed by atoms with van der Waals surface area (Å²) in [6, 6.07) is 5.10. The highest BCUT2D eigenvalue weighted by Crippen LogP contribution is 2.30. The first-order chi connectivity index (χ1) is 16.0. The first-order valence-corrected chi connectivity index (χ1v) is 10.2. The third-order valence-electron chi connectivity index (χ3n) is 4.60. The largest absolute Gasteiger partial charge is 0.486 e. The zero-order chi connectivity index (χ0) is 25.2. The molecule has 0 atom stereocenters. The van der Waals surface area contributed by atoms with Crippen molar-refractivity contribution in [2.75, 3.05) is 11.9 Å². The summed E-state index contributed by atoms with van der Waals surface area (Å²) in [6.45, 7) is 0.483. The Labute approximate surface area is 195 Å². The van der Waals surface area contributed by atoms with Crippen molar-refractivity contribution >= 4 is 23.2 Å². The molecule has 0 saturated heterocycles. The van der Waals surface area contributed by atoms with Gasteiger partial charge in [-0.1, -0.05) is 17.7 Å². The van der Waals surface area contributed by atoms with Crippen LogP contribution in [0.3, 0.4) is 0 Å². The molecule has 1 amide bonds. The number of aromatic nitrogens is 3. The zero-order valence-corrected chi connectivity index (χ0v) is 18.7. The predicted octanol–water partition coefficient (Wildman–Crippen LogP) is 3.76. The number of para-hydroxylation sites is 1. The van der Waals surface area contributed by atoms with Gasteiger partial charge in [-0.15, -0.1) is 5.10 Å². The van der Waals surface area contributed by atoms with Gasteiger partial charge in [-0.25, -0.2) is 22.4 Å². The summed E-state index contributed by atoms with van der Waals surface area (Å²) in [7, 11) is 0. The molecule has 0 radical (unpaired) electrons. The van der Waals surface area contributed by atoms with Gasteiger partial charge < -0.3 is 15.2 Å². The van der Waals surface area contributed by atoms with E-state index in [4.69, 9.17) is 16.3 Å². The smallest absolute Gasteiger partial charge is 0.350 e. The number of alkyl halides is 2. The lowest BCUT2D eigenvalue weighted by Gasteiger charge is -2.17. The molecule has 3 rings (SSSR count). The summed E-state index contributed by atoms with van der Waals surface area (Å²) in [6.07, 6.45) is 0. The minimum absolute atomic E-state index is 0.0644. The van der Waals surface area contributed by atoms with Crippen LogP contribution >= 0.6 is 11.6 Å². The van der Waals surface area contributed by atoms with E-state index in [0.717, 1.165) is 16.7 Å². The first kappa shape index (κ1) is 25.2. The van der Waals surface area contributed by atoms with Gasteiger partial charge in [0, 0.05) is 19.5 Å². The van der Waals surface area contributed by atoms with E-state index in [0.29, 0.717) is 17.7 Å². The fraction of sp³-hybridized carbons (Fsp3) is 0.286. The topological polar surface area (TPSA) is 98.4 Å². The molecule has 0 saturated carbocycles. The number of halogens is 5. The van der Waals surface area contributed by atoms with E-state index in [2.05, 4.69) is 10.4 Å². The standard InChI is InChI=1S/C21H19ClF4N4O4/c1-3-29-17(9-31)28-30(20(29)33)15-8-16(34-10-21(2,25)26)11(7-14(15)24)19(32)27-18-12(22)5-4-6-13(18)23/h4-8,31H,3,9-10H2,1-2H3,(H,27,32). The Morgan fingerprint density at radius 2 is 1.97 bits per heavy atom. The Hall–Kier alpha value is -3.38. The lowest BCUT2D eigenvalue weighted by atomic mass is 10.1. The van der Waals surface area contributed by atoms with Crippen LogP contribution in [-0.2, 0) is 13.2 Å². The monoisotopic (exact) mass is 502 g/mol. The second-order valence-corrected chi connectivity index (χ2v) is 7.63. The SMILES string of the molecule is CCn1c(CO)nn(-c2cc(OCC(C)(F)F)c(C(=O)Nc3c(F)cccc3Cl)cc2F)c1=O. The highest BCUT2D eigenvalue weighted by atomic mass is 35.5. The molecular formula is C21H19ClF4N4O4. The second-order valence-electron chi connectivity index (χ2n) is 7.22. The average molecular weight is 503 g/mol. The van der Waals surface area contributed by atoms with E-state index in [9.17, 15) is 27.9 Å². The Bertz CT molecular complexity index is 1270. The van der Waals surface area contributed by atoms with Crippen molar-refractivity contribution in [2.45, 2.75) is 32.9 Å². The Morgan fingerprint density at radius 3 is 2.53 bits per heavy atom. The number of nitrogens with one attached hydrogen (secondary N) is 1. The third kappa shape index (κ3) is 5.23. The van der Waals surface area contributed by atoms with Crippen molar-refractivity contribution in [1.29, 1.82) is 0 Å². The van der Waals surface area contributed by atoms with Crippen LogP contribution in [0, 0.1) is 11.6 Å². The maximum Gasteiger partial charge on any atom is 0.350 e. The van der Waals surface area contributed by atoms with Gasteiger partial charge in [0.15, 0.2) is 12.4 Å². The normalized spacial score (nSPS) is 11.5. The van der Waals surface area contributed by atoms with Crippen LogP contribution in [-0.4, -0.2) is 37.9 Å². The van der Waals surface area contributed by atoms with Gasteiger partial charge in [0.1, 0.15) is 29.7 Å². The van der Waals surface area contributed by atoms with Crippen LogP contribution in [0.25, 0.3) is 5.69 Å². The van der Waals surface area contributed by atoms with Crippen LogP contribution < -0.4 is 15.7 Å². The summed E-state index contributed by atoms with van der Waals surface area (Å²) in [4.78, 5) is 25.4. The van der Waals surface area contributed by atoms with Crippen LogP contribution in [0.5, 0.6) is 5.75 Å². The quantitative estimate of drug-likeness (QED) is 0.457. The van der Waals surface area contributed by atoms with Gasteiger partial charge in [-0.05, 0) is 25.1 Å². The first-order valence-electron chi connectivity index (χ1n) is 9.86. The van der Waals surface area contributed by atoms with Gasteiger partial charge in [-0.2, -0.15) is 4.68 Å². The van der Waals surface area contributed by atoms with Crippen molar-refractivity contribution < 1.29 is 32.2 Å². The van der Waals surface area contributed by atoms with E-state index in [-0.39, 0.29) is 17.4 Å². The number of hydrogen-bond acceptors (Lipinski definition) is 5. The molecular weight excluding hydrogens is 484 g/mol. The highest BCUT2D eigenvalue weighted by molar-refractivity contribution is 6.34. The summed E-state index contributed by atoms with van der Waals surface area (Å²) >= 11 is 5.89. The number of nitrogens with zero attached hydrogens (tertiary/aromatic N) is 3. The number of carbonyl (C=O) groups is 1. The number of hydrogen-bond donors (Lipinski definition) is 2. The van der Waals surface area contributed by atoms with Crippen LogP contribution in [0.15, 0.2) is 35.1 Å². The molecule has 34 heavy (non-hydrogen) atoms. The molecule has 2 N–H and O–H groups in total. The summed E-state index contributed by atoms with van der Waals surface area (Å²) in [5.41, 5.74) is -2.29. The molecule has 0 aliphatic heterocycles. The van der Waals surface area contributed by atoms with Crippen molar-refractivity contribution in [2.24, 2.45) is 0 Å². The van der Waals surface area contributed by atoms with E-state index in [1.807, 2.05) is 0 Å². The molecule has 0 unspecified atom stereocenters. The minimum atomic E-state index is -3.32. The number of carbonyl (C=O) groups excluding carboxylic acids is 1. The molecule has 0 fully saturated rings. The Morgan fingerprint density at radius 1 is 1.26 bits per heavy atom. The molecule has 8 nitrogen and oxygen atoms in total. The molecule has 0 aliphatic rings. The van der Waals surface area contributed by atoms with Crippen LogP contribution in [0.4, 0.5) is 23.2 Å². The zero-order valence-electron chi connectivity index (χ0n) is 17.9. The van der Waals surface area contributed by atoms with E-state index >= 15 is 4.39 Å². The lowest BCUT2D eigenvalue weighted by molar-refractivity contribution is -0.0231. The van der Waals surface area contributed by atoms with E-state index in [1.54, 1.807) is 6.92 Å². The van der Waals surface area contributed by atoms with Gasteiger partial charge in [-0.3, -0.25) is 9.36 Å². The van der Waals surface area contributed by atoms with Crippen molar-refractivity contribution in [1.82, 2.24) is 14.3 Å². The maximum absolute atomic E-state index is 15.0. The van der Waals surface area contributed by atoms with Gasteiger partial charge >= 0.3 is 5.69 Å². The number of ether oxygens (including phenoxy) is 1. The second kappa shape index (κ2) is 9.85. The summed E-state index contributed by atoms with van der Waals surface area (Å²) < 4.78 is 62.7. The number of aliphatic hydroxyl groups excluding tert-OH is 1. The molecule has 0 spiro atoms. The molecule has 1 aromatic heterocycles. The van der Waals surface area contributed by atoms with Crippen LogP contribution in [0.1, 0.15) is 30.0 Å². The van der Waals surface area contributed by atoms with Gasteiger partial charge in [0.05, 0.1) is 16.3 Å². The minimum Gasteiger partial charge on any atom is -0.486 e. The molecule has 3 aromatic rings. The Kier molecular flexibility index (Phi) is 7.32. The predicted molar refractivity (Wildman–Crippen MR) is 115 cm³/mol. The van der Waals surface area contributed by atoms with E-state index < -0.39 is 65.1 Å². The molecule has 13 heteroatoms. The molecule has 182 valence electrons. The summed E-state index contributed by atoms with van der Waals surface area (Å²) in [5, 5.41) is 15.3. The molecule has 1 heterocycles.